The molecule has 4 nitrogen and oxygen atoms in total. The number of carboxylic acids is 2. The maximum Gasteiger partial charge on any atom is 0.325 e. The first kappa shape index (κ1) is 14.8. The molecule has 2 aromatic carbocycles. The predicted octanol–water partition coefficient (Wildman–Crippen LogP) is 2.73. The molecule has 4 heteroatoms. The first-order valence-corrected chi connectivity index (χ1v) is 6.63. The van der Waals surface area contributed by atoms with Crippen LogP contribution in [0.4, 0.5) is 0 Å². The monoisotopic (exact) mass is 284 g/mol. The molecule has 0 saturated carbocycles. The summed E-state index contributed by atoms with van der Waals surface area (Å²) in [5.74, 6) is -2.67. The Kier molecular flexibility index (Phi) is 4.38. The van der Waals surface area contributed by atoms with Crippen molar-refractivity contribution in [1.29, 1.82) is 0 Å². The van der Waals surface area contributed by atoms with Crippen molar-refractivity contribution in [3.8, 4) is 0 Å². The molecule has 0 bridgehead atoms. The number of hydrogen-bond donors (Lipinski definition) is 2. The summed E-state index contributed by atoms with van der Waals surface area (Å²) in [6.07, 6.45) is 0.389. The van der Waals surface area contributed by atoms with Crippen LogP contribution in [-0.4, -0.2) is 22.2 Å². The molecular formula is C17H16O4. The summed E-state index contributed by atoms with van der Waals surface area (Å²) >= 11 is 0. The van der Waals surface area contributed by atoms with Crippen LogP contribution in [0, 0.1) is 0 Å². The smallest absolute Gasteiger partial charge is 0.325 e. The molecule has 0 spiro atoms. The molecule has 0 aromatic heterocycles. The highest BCUT2D eigenvalue weighted by Crippen LogP contribution is 2.30. The Labute approximate surface area is 122 Å². The second kappa shape index (κ2) is 6.22. The maximum atomic E-state index is 11.7. The molecule has 0 atom stereocenters. The lowest BCUT2D eigenvalue weighted by atomic mass is 9.76. The predicted molar refractivity (Wildman–Crippen MR) is 78.2 cm³/mol. The van der Waals surface area contributed by atoms with Gasteiger partial charge in [0.1, 0.15) is 0 Å². The highest BCUT2D eigenvalue weighted by molar-refractivity contribution is 6.04. The van der Waals surface area contributed by atoms with Crippen LogP contribution >= 0.6 is 0 Å². The summed E-state index contributed by atoms with van der Waals surface area (Å²) < 4.78 is 0. The fourth-order valence-electron chi connectivity index (χ4n) is 2.40. The van der Waals surface area contributed by atoms with Crippen LogP contribution in [0.25, 0.3) is 0 Å². The van der Waals surface area contributed by atoms with E-state index in [2.05, 4.69) is 0 Å². The minimum atomic E-state index is -1.92. The number of aliphatic carboxylic acids is 2. The van der Waals surface area contributed by atoms with E-state index in [0.29, 0.717) is 12.0 Å². The first-order chi connectivity index (χ1) is 10.1. The third kappa shape index (κ3) is 2.94. The zero-order valence-electron chi connectivity index (χ0n) is 11.4. The summed E-state index contributed by atoms with van der Waals surface area (Å²) in [7, 11) is 0. The normalized spacial score (nSPS) is 11.0. The van der Waals surface area contributed by atoms with E-state index in [-0.39, 0.29) is 6.42 Å². The van der Waals surface area contributed by atoms with E-state index in [9.17, 15) is 19.8 Å². The Hall–Kier alpha value is -2.62. The van der Waals surface area contributed by atoms with Crippen molar-refractivity contribution in [3.05, 3.63) is 71.8 Å². The topological polar surface area (TPSA) is 74.6 Å². The highest BCUT2D eigenvalue weighted by Gasteiger charge is 2.47. The third-order valence-electron chi connectivity index (χ3n) is 3.63. The van der Waals surface area contributed by atoms with Crippen LogP contribution in [0.2, 0.25) is 0 Å². The summed E-state index contributed by atoms with van der Waals surface area (Å²) in [5, 5.41) is 19.1. The molecule has 2 aromatic rings. The molecule has 2 rings (SSSR count). The lowest BCUT2D eigenvalue weighted by Crippen LogP contribution is -2.44. The van der Waals surface area contributed by atoms with Gasteiger partial charge in [0.05, 0.1) is 0 Å². The van der Waals surface area contributed by atoms with Crippen molar-refractivity contribution < 1.29 is 19.8 Å². The number of rotatable bonds is 6. The average Bonchev–Trinajstić information content (AvgIpc) is 2.49. The van der Waals surface area contributed by atoms with E-state index in [1.165, 1.54) is 0 Å². The van der Waals surface area contributed by atoms with Gasteiger partial charge in [-0.2, -0.15) is 0 Å². The van der Waals surface area contributed by atoms with Crippen molar-refractivity contribution in [2.24, 2.45) is 0 Å². The summed E-state index contributed by atoms with van der Waals surface area (Å²) in [5.41, 5.74) is -0.710. The van der Waals surface area contributed by atoms with Crippen LogP contribution in [0.15, 0.2) is 60.7 Å². The van der Waals surface area contributed by atoms with Crippen LogP contribution < -0.4 is 0 Å². The molecule has 0 amide bonds. The number of benzene rings is 2. The maximum absolute atomic E-state index is 11.7. The van der Waals surface area contributed by atoms with Crippen molar-refractivity contribution in [3.63, 3.8) is 0 Å². The molecule has 2 N–H and O–H groups in total. The minimum Gasteiger partial charge on any atom is -0.480 e. The van der Waals surface area contributed by atoms with Crippen LogP contribution in [0.1, 0.15) is 17.5 Å². The Balaban J connectivity index is 2.37. The molecule has 21 heavy (non-hydrogen) atoms. The number of aryl methyl sites for hydroxylation is 1. The van der Waals surface area contributed by atoms with Crippen molar-refractivity contribution in [2.45, 2.75) is 18.3 Å². The number of carbonyl (C=O) groups is 2. The van der Waals surface area contributed by atoms with Gasteiger partial charge in [-0.15, -0.1) is 0 Å². The Morgan fingerprint density at radius 3 is 1.76 bits per heavy atom. The van der Waals surface area contributed by atoms with Gasteiger partial charge in [-0.25, -0.2) is 0 Å². The molecular weight excluding hydrogens is 268 g/mol. The van der Waals surface area contributed by atoms with Gasteiger partial charge < -0.3 is 10.2 Å². The largest absolute Gasteiger partial charge is 0.480 e. The molecule has 0 heterocycles. The quantitative estimate of drug-likeness (QED) is 0.800. The third-order valence-corrected chi connectivity index (χ3v) is 3.63. The Morgan fingerprint density at radius 2 is 1.29 bits per heavy atom. The van der Waals surface area contributed by atoms with Gasteiger partial charge in [-0.05, 0) is 24.0 Å². The van der Waals surface area contributed by atoms with Gasteiger partial charge in [0.15, 0.2) is 5.41 Å². The molecule has 0 saturated heterocycles. The lowest BCUT2D eigenvalue weighted by molar-refractivity contribution is -0.158. The van der Waals surface area contributed by atoms with Gasteiger partial charge >= 0.3 is 11.9 Å². The number of hydrogen-bond acceptors (Lipinski definition) is 2. The zero-order valence-corrected chi connectivity index (χ0v) is 11.4. The van der Waals surface area contributed by atoms with Gasteiger partial charge in [-0.1, -0.05) is 60.7 Å². The summed E-state index contributed by atoms with van der Waals surface area (Å²) in [4.78, 5) is 23.4. The molecule has 0 radical (unpaired) electrons. The van der Waals surface area contributed by atoms with Gasteiger partial charge in [-0.3, -0.25) is 9.59 Å². The van der Waals surface area contributed by atoms with Gasteiger partial charge in [0, 0.05) is 0 Å². The molecule has 0 aliphatic heterocycles. The van der Waals surface area contributed by atoms with Gasteiger partial charge in [0.2, 0.25) is 0 Å². The lowest BCUT2D eigenvalue weighted by Gasteiger charge is -2.25. The fourth-order valence-corrected chi connectivity index (χ4v) is 2.40. The summed E-state index contributed by atoms with van der Waals surface area (Å²) in [6, 6.07) is 17.4. The molecule has 0 aliphatic carbocycles. The van der Waals surface area contributed by atoms with Crippen LogP contribution in [0.3, 0.4) is 0 Å². The van der Waals surface area contributed by atoms with Crippen molar-refractivity contribution in [1.82, 2.24) is 0 Å². The van der Waals surface area contributed by atoms with E-state index in [4.69, 9.17) is 0 Å². The second-order valence-electron chi connectivity index (χ2n) is 4.87. The second-order valence-corrected chi connectivity index (χ2v) is 4.87. The minimum absolute atomic E-state index is 0.00565. The molecule has 0 unspecified atom stereocenters. The standard InChI is InChI=1S/C17H16O4/c18-15(19)17(16(20)21,14-9-5-2-6-10-14)12-11-13-7-3-1-4-8-13/h1-10H,11-12H2,(H,18,19)(H,20,21). The average molecular weight is 284 g/mol. The van der Waals surface area contributed by atoms with E-state index in [1.807, 2.05) is 30.3 Å². The van der Waals surface area contributed by atoms with E-state index < -0.39 is 17.4 Å². The molecule has 0 fully saturated rings. The van der Waals surface area contributed by atoms with Crippen LogP contribution in [0.5, 0.6) is 0 Å². The highest BCUT2D eigenvalue weighted by atomic mass is 16.4. The first-order valence-electron chi connectivity index (χ1n) is 6.63. The van der Waals surface area contributed by atoms with Crippen molar-refractivity contribution >= 4 is 11.9 Å². The zero-order chi connectivity index (χ0) is 15.3. The molecule has 108 valence electrons. The Morgan fingerprint density at radius 1 is 0.810 bits per heavy atom. The van der Waals surface area contributed by atoms with Crippen molar-refractivity contribution in [2.75, 3.05) is 0 Å². The SMILES string of the molecule is O=C(O)C(CCc1ccccc1)(C(=O)O)c1ccccc1. The Bertz CT molecular complexity index is 606. The van der Waals surface area contributed by atoms with Gasteiger partial charge in [0.25, 0.3) is 0 Å². The van der Waals surface area contributed by atoms with E-state index in [0.717, 1.165) is 5.56 Å². The van der Waals surface area contributed by atoms with E-state index in [1.54, 1.807) is 30.3 Å². The van der Waals surface area contributed by atoms with Crippen LogP contribution in [-0.2, 0) is 21.4 Å². The van der Waals surface area contributed by atoms with E-state index >= 15 is 0 Å². The number of carboxylic acid groups (broad SMARTS) is 2. The fraction of sp³-hybridized carbons (Fsp3) is 0.176. The molecule has 0 aliphatic rings. The summed E-state index contributed by atoms with van der Waals surface area (Å²) in [6.45, 7) is 0.